The van der Waals surface area contributed by atoms with Crippen LogP contribution in [0.2, 0.25) is 0 Å². The molecule has 0 fully saturated rings. The van der Waals surface area contributed by atoms with Gasteiger partial charge in [-0.05, 0) is 6.42 Å². The summed E-state index contributed by atoms with van der Waals surface area (Å²) >= 11 is 0. The van der Waals surface area contributed by atoms with E-state index in [-0.39, 0.29) is 6.42 Å². The average molecular weight is 377 g/mol. The van der Waals surface area contributed by atoms with Gasteiger partial charge in [-0.3, -0.25) is 4.79 Å². The quantitative estimate of drug-likeness (QED) is 0.234. The molecule has 0 spiro atoms. The summed E-state index contributed by atoms with van der Waals surface area (Å²) in [6, 6.07) is 0. The Morgan fingerprint density at radius 2 is 1.04 bits per heavy atom. The van der Waals surface area contributed by atoms with Crippen molar-refractivity contribution in [2.75, 3.05) is 6.61 Å². The van der Waals surface area contributed by atoms with Gasteiger partial charge in [-0.25, -0.2) is 0 Å². The van der Waals surface area contributed by atoms with Gasteiger partial charge in [0.15, 0.2) is 5.78 Å². The fourth-order valence-corrected chi connectivity index (χ4v) is 3.01. The van der Waals surface area contributed by atoms with Crippen LogP contribution in [0.25, 0.3) is 0 Å². The molecule has 5 N–H and O–H groups in total. The molecule has 0 aromatic rings. The van der Waals surface area contributed by atoms with Crippen LogP contribution in [0.3, 0.4) is 0 Å². The van der Waals surface area contributed by atoms with Gasteiger partial charge in [0.1, 0.15) is 18.3 Å². The van der Waals surface area contributed by atoms with Gasteiger partial charge in [-0.1, -0.05) is 84.0 Å². The Morgan fingerprint density at radius 3 is 1.46 bits per heavy atom. The maximum absolute atomic E-state index is 11.7. The van der Waals surface area contributed by atoms with Crippen molar-refractivity contribution >= 4 is 5.78 Å². The first-order chi connectivity index (χ1) is 12.5. The lowest BCUT2D eigenvalue weighted by molar-refractivity contribution is -0.149. The number of hydrogen-bond donors (Lipinski definition) is 5. The highest BCUT2D eigenvalue weighted by Gasteiger charge is 2.32. The van der Waals surface area contributed by atoms with E-state index in [1.54, 1.807) is 0 Å². The number of rotatable bonds is 18. The maximum Gasteiger partial charge on any atom is 0.195 e. The van der Waals surface area contributed by atoms with Crippen LogP contribution >= 0.6 is 0 Å². The Bertz CT molecular complexity index is 336. The van der Waals surface area contributed by atoms with E-state index in [1.807, 2.05) is 0 Å². The summed E-state index contributed by atoms with van der Waals surface area (Å²) in [6.45, 7) is 1.44. The Kier molecular flexibility index (Phi) is 16.3. The lowest BCUT2D eigenvalue weighted by Gasteiger charge is -2.21. The average Bonchev–Trinajstić information content (AvgIpc) is 2.66. The van der Waals surface area contributed by atoms with Crippen molar-refractivity contribution in [2.24, 2.45) is 0 Å². The fraction of sp³-hybridized carbons (Fsp3) is 0.950. The molecule has 0 aliphatic carbocycles. The lowest BCUT2D eigenvalue weighted by atomic mass is 9.97. The molecule has 6 heteroatoms. The molecule has 0 aliphatic heterocycles. The van der Waals surface area contributed by atoms with Gasteiger partial charge in [-0.15, -0.1) is 0 Å². The third-order valence-electron chi connectivity index (χ3n) is 4.85. The standard InChI is InChI=1S/C20H40O6/c1-2-3-4-5-6-7-8-9-10-11-12-13-14-16(22)18(24)20(26)19(25)17(23)15-21/h16-19,21-25H,2-15H2,1H3/t16?,17-,18+,19-/m1/s1. The summed E-state index contributed by atoms with van der Waals surface area (Å²) in [4.78, 5) is 11.7. The minimum atomic E-state index is -1.88. The molecule has 6 nitrogen and oxygen atoms in total. The molecule has 0 rings (SSSR count). The summed E-state index contributed by atoms with van der Waals surface area (Å²) in [6.07, 6.45) is 8.05. The molecule has 0 aromatic carbocycles. The van der Waals surface area contributed by atoms with Crippen LogP contribution < -0.4 is 0 Å². The first-order valence-corrected chi connectivity index (χ1v) is 10.3. The molecule has 0 aliphatic rings. The van der Waals surface area contributed by atoms with Crippen molar-refractivity contribution < 1.29 is 30.3 Å². The van der Waals surface area contributed by atoms with Crippen molar-refractivity contribution in [1.82, 2.24) is 0 Å². The van der Waals surface area contributed by atoms with Gasteiger partial charge in [0.05, 0.1) is 12.7 Å². The van der Waals surface area contributed by atoms with E-state index in [0.717, 1.165) is 19.3 Å². The predicted molar refractivity (Wildman–Crippen MR) is 102 cm³/mol. The number of unbranched alkanes of at least 4 members (excludes halogenated alkanes) is 11. The first kappa shape index (κ1) is 25.5. The van der Waals surface area contributed by atoms with E-state index in [9.17, 15) is 25.2 Å². The van der Waals surface area contributed by atoms with Crippen LogP contribution in [0, 0.1) is 0 Å². The monoisotopic (exact) mass is 376 g/mol. The van der Waals surface area contributed by atoms with Gasteiger partial charge in [0, 0.05) is 0 Å². The van der Waals surface area contributed by atoms with E-state index in [2.05, 4.69) is 6.92 Å². The zero-order chi connectivity index (χ0) is 19.8. The summed E-state index contributed by atoms with van der Waals surface area (Å²) in [5.74, 6) is -1.06. The van der Waals surface area contributed by atoms with Crippen LogP contribution in [-0.2, 0) is 4.79 Å². The molecule has 0 heterocycles. The second kappa shape index (κ2) is 16.6. The van der Waals surface area contributed by atoms with E-state index < -0.39 is 36.8 Å². The molecule has 0 aromatic heterocycles. The van der Waals surface area contributed by atoms with E-state index >= 15 is 0 Å². The number of aliphatic hydroxyl groups is 5. The largest absolute Gasteiger partial charge is 0.394 e. The number of carbonyl (C=O) groups excluding carboxylic acids is 1. The molecule has 0 saturated heterocycles. The van der Waals surface area contributed by atoms with E-state index in [0.29, 0.717) is 6.42 Å². The molecule has 26 heavy (non-hydrogen) atoms. The number of hydrogen-bond acceptors (Lipinski definition) is 6. The van der Waals surface area contributed by atoms with Gasteiger partial charge in [0.25, 0.3) is 0 Å². The minimum Gasteiger partial charge on any atom is -0.394 e. The van der Waals surface area contributed by atoms with Crippen LogP contribution in [0.1, 0.15) is 90.4 Å². The van der Waals surface area contributed by atoms with E-state index in [1.165, 1.54) is 51.4 Å². The number of aliphatic hydroxyl groups excluding tert-OH is 5. The van der Waals surface area contributed by atoms with Crippen molar-refractivity contribution in [3.8, 4) is 0 Å². The van der Waals surface area contributed by atoms with Gasteiger partial charge < -0.3 is 25.5 Å². The summed E-state index contributed by atoms with van der Waals surface area (Å²) < 4.78 is 0. The highest BCUT2D eigenvalue weighted by Crippen LogP contribution is 2.14. The second-order valence-corrected chi connectivity index (χ2v) is 7.29. The van der Waals surface area contributed by atoms with Gasteiger partial charge >= 0.3 is 0 Å². The molecular formula is C20H40O6. The first-order valence-electron chi connectivity index (χ1n) is 10.3. The molecular weight excluding hydrogens is 336 g/mol. The van der Waals surface area contributed by atoms with Crippen LogP contribution in [0.5, 0.6) is 0 Å². The zero-order valence-electron chi connectivity index (χ0n) is 16.4. The number of carbonyl (C=O) groups is 1. The normalized spacial score (nSPS) is 16.2. The molecule has 156 valence electrons. The fourth-order valence-electron chi connectivity index (χ4n) is 3.01. The molecule has 0 amide bonds. The Balaban J connectivity index is 3.61. The van der Waals surface area contributed by atoms with Crippen LogP contribution in [-0.4, -0.2) is 62.3 Å². The van der Waals surface area contributed by atoms with Crippen molar-refractivity contribution in [2.45, 2.75) is 115 Å². The highest BCUT2D eigenvalue weighted by atomic mass is 16.4. The minimum absolute atomic E-state index is 0.270. The summed E-state index contributed by atoms with van der Waals surface area (Å²) in [5.41, 5.74) is 0. The third-order valence-corrected chi connectivity index (χ3v) is 4.85. The summed E-state index contributed by atoms with van der Waals surface area (Å²) in [7, 11) is 0. The number of ketones is 1. The SMILES string of the molecule is CCCCCCCCCCCCCCC(O)[C@H](O)C(=O)[C@H](O)[C@H](O)CO. The Labute approximate surface area is 158 Å². The maximum atomic E-state index is 11.7. The van der Waals surface area contributed by atoms with E-state index in [4.69, 9.17) is 5.11 Å². The Hall–Kier alpha value is -0.530. The second-order valence-electron chi connectivity index (χ2n) is 7.29. The zero-order valence-corrected chi connectivity index (χ0v) is 16.4. The van der Waals surface area contributed by atoms with Gasteiger partial charge in [-0.2, -0.15) is 0 Å². The molecule has 0 saturated carbocycles. The van der Waals surface area contributed by atoms with Crippen molar-refractivity contribution in [3.63, 3.8) is 0 Å². The summed E-state index contributed by atoms with van der Waals surface area (Å²) in [5, 5.41) is 46.9. The Morgan fingerprint density at radius 1 is 0.654 bits per heavy atom. The van der Waals surface area contributed by atoms with Gasteiger partial charge in [0.2, 0.25) is 0 Å². The van der Waals surface area contributed by atoms with Crippen molar-refractivity contribution in [1.29, 1.82) is 0 Å². The number of Topliss-reactive ketones (excluding diaryl/α,β-unsaturated/α-hetero) is 1. The van der Waals surface area contributed by atoms with Crippen LogP contribution in [0.15, 0.2) is 0 Å². The molecule has 4 atom stereocenters. The topological polar surface area (TPSA) is 118 Å². The van der Waals surface area contributed by atoms with Crippen molar-refractivity contribution in [3.05, 3.63) is 0 Å². The highest BCUT2D eigenvalue weighted by molar-refractivity contribution is 5.88. The molecule has 1 unspecified atom stereocenters. The lowest BCUT2D eigenvalue weighted by Crippen LogP contribution is -2.46. The molecule has 0 radical (unpaired) electrons. The predicted octanol–water partition coefficient (Wildman–Crippen LogP) is 2.08. The third kappa shape index (κ3) is 12.0. The smallest absolute Gasteiger partial charge is 0.195 e. The van der Waals surface area contributed by atoms with Crippen LogP contribution in [0.4, 0.5) is 0 Å². The molecule has 0 bridgehead atoms.